The number of fused-ring (bicyclic) bond motifs is 1. The van der Waals surface area contributed by atoms with Crippen LogP contribution in [0, 0.1) is 0 Å². The van der Waals surface area contributed by atoms with Crippen molar-refractivity contribution in [3.8, 4) is 0 Å². The van der Waals surface area contributed by atoms with Gasteiger partial charge < -0.3 is 0 Å². The van der Waals surface area contributed by atoms with E-state index in [9.17, 15) is 13.0 Å². The molecule has 114 valence electrons. The number of thioether (sulfide) groups is 1. The van der Waals surface area contributed by atoms with Crippen LogP contribution < -0.4 is 4.90 Å². The van der Waals surface area contributed by atoms with Crippen molar-refractivity contribution in [2.45, 2.75) is 5.37 Å². The van der Waals surface area contributed by atoms with E-state index in [1.807, 2.05) is 24.5 Å². The zero-order valence-corrected chi connectivity index (χ0v) is 13.4. The minimum Gasteiger partial charge on any atom is -0.297 e. The molecule has 0 amide bonds. The average Bonchev–Trinajstić information content (AvgIpc) is 2.52. The summed E-state index contributed by atoms with van der Waals surface area (Å²) >= 11 is 1.33. The molecule has 1 N–H and O–H groups in total. The normalized spacial score (nSPS) is 17.8. The van der Waals surface area contributed by atoms with Crippen LogP contribution in [0.5, 0.6) is 0 Å². The molecule has 1 atom stereocenters. The molecular formula is C15H14N2O3S2. The molecule has 1 heterocycles. The van der Waals surface area contributed by atoms with Crippen LogP contribution in [0.15, 0.2) is 59.6 Å². The summed E-state index contributed by atoms with van der Waals surface area (Å²) < 4.78 is 33.9. The van der Waals surface area contributed by atoms with Gasteiger partial charge in [0.05, 0.1) is 5.69 Å². The number of hydrogen-bond acceptors (Lipinski definition) is 5. The molecule has 2 aromatic rings. The number of hydrogen-bond donors (Lipinski definition) is 1. The Hall–Kier alpha value is -1.83. The lowest BCUT2D eigenvalue weighted by atomic mass is 10.1. The Morgan fingerprint density at radius 3 is 2.36 bits per heavy atom. The molecule has 2 aromatic carbocycles. The Balaban J connectivity index is 2.27. The van der Waals surface area contributed by atoms with Crippen molar-refractivity contribution >= 4 is 38.4 Å². The summed E-state index contributed by atoms with van der Waals surface area (Å²) in [5, 5.41) is -0.682. The summed E-state index contributed by atoms with van der Waals surface area (Å²) in [5.41, 5.74) is 1.68. The van der Waals surface area contributed by atoms with E-state index in [0.717, 1.165) is 0 Å². The van der Waals surface area contributed by atoms with Gasteiger partial charge in [0.15, 0.2) is 10.5 Å². The van der Waals surface area contributed by atoms with Crippen LogP contribution in [0.1, 0.15) is 10.9 Å². The van der Waals surface area contributed by atoms with E-state index in [2.05, 4.69) is 4.99 Å². The van der Waals surface area contributed by atoms with Crippen molar-refractivity contribution < 1.29 is 13.0 Å². The Morgan fingerprint density at radius 1 is 1.09 bits per heavy atom. The van der Waals surface area contributed by atoms with E-state index in [1.54, 1.807) is 41.3 Å². The SMILES string of the molecule is CSC1=Nc2ccccc2C(S(=O)(=O)O)N1c1ccccc1. The molecule has 3 rings (SSSR count). The second kappa shape index (κ2) is 5.75. The molecular weight excluding hydrogens is 320 g/mol. The third kappa shape index (κ3) is 2.63. The number of nitrogens with zero attached hydrogens (tertiary/aromatic N) is 2. The molecule has 0 radical (unpaired) electrons. The molecule has 5 nitrogen and oxygen atoms in total. The van der Waals surface area contributed by atoms with E-state index < -0.39 is 15.5 Å². The fourth-order valence-corrected chi connectivity index (χ4v) is 4.14. The summed E-state index contributed by atoms with van der Waals surface area (Å²) in [6.45, 7) is 0. The van der Waals surface area contributed by atoms with Gasteiger partial charge in [0, 0.05) is 11.3 Å². The van der Waals surface area contributed by atoms with Gasteiger partial charge in [0.2, 0.25) is 0 Å². The molecule has 0 bridgehead atoms. The maximum absolute atomic E-state index is 12.0. The van der Waals surface area contributed by atoms with Crippen molar-refractivity contribution in [1.29, 1.82) is 0 Å². The number of aliphatic imine (C=N–C) groups is 1. The minimum absolute atomic E-state index is 0.464. The summed E-state index contributed by atoms with van der Waals surface area (Å²) in [6, 6.07) is 16.0. The van der Waals surface area contributed by atoms with Crippen LogP contribution in [0.3, 0.4) is 0 Å². The molecule has 7 heteroatoms. The predicted octanol–water partition coefficient (Wildman–Crippen LogP) is 3.44. The van der Waals surface area contributed by atoms with Gasteiger partial charge in [-0.15, -0.1) is 0 Å². The maximum atomic E-state index is 12.0. The third-order valence-corrected chi connectivity index (χ3v) is 5.04. The summed E-state index contributed by atoms with van der Waals surface area (Å²) in [5.74, 6) is 0. The van der Waals surface area contributed by atoms with E-state index in [0.29, 0.717) is 22.1 Å². The first-order valence-electron chi connectivity index (χ1n) is 6.54. The van der Waals surface area contributed by atoms with Gasteiger partial charge in [0.25, 0.3) is 10.1 Å². The van der Waals surface area contributed by atoms with Crippen LogP contribution in [-0.4, -0.2) is 24.4 Å². The van der Waals surface area contributed by atoms with Gasteiger partial charge >= 0.3 is 0 Å². The van der Waals surface area contributed by atoms with E-state index in [1.165, 1.54) is 11.8 Å². The van der Waals surface area contributed by atoms with E-state index in [-0.39, 0.29) is 0 Å². The van der Waals surface area contributed by atoms with Crippen molar-refractivity contribution in [1.82, 2.24) is 0 Å². The fraction of sp³-hybridized carbons (Fsp3) is 0.133. The number of para-hydroxylation sites is 2. The summed E-state index contributed by atoms with van der Waals surface area (Å²) in [6.07, 6.45) is 1.82. The topological polar surface area (TPSA) is 70.0 Å². The molecule has 1 aliphatic heterocycles. The Morgan fingerprint density at radius 2 is 1.73 bits per heavy atom. The largest absolute Gasteiger partial charge is 0.297 e. The van der Waals surface area contributed by atoms with E-state index in [4.69, 9.17) is 0 Å². The van der Waals surface area contributed by atoms with Gasteiger partial charge in [-0.1, -0.05) is 48.2 Å². The first-order valence-corrected chi connectivity index (χ1v) is 9.27. The first kappa shape index (κ1) is 15.1. The lowest BCUT2D eigenvalue weighted by molar-refractivity contribution is 0.469. The highest BCUT2D eigenvalue weighted by atomic mass is 32.2. The number of anilines is 1. The van der Waals surface area contributed by atoms with Crippen molar-refractivity contribution in [2.24, 2.45) is 4.99 Å². The highest BCUT2D eigenvalue weighted by molar-refractivity contribution is 8.13. The summed E-state index contributed by atoms with van der Waals surface area (Å²) in [4.78, 5) is 6.06. The van der Waals surface area contributed by atoms with Crippen LogP contribution in [0.4, 0.5) is 11.4 Å². The molecule has 0 saturated carbocycles. The highest BCUT2D eigenvalue weighted by Crippen LogP contribution is 2.41. The Bertz CT molecular complexity index is 820. The standard InChI is InChI=1S/C15H14N2O3S2/c1-21-15-16-13-10-6-5-9-12(13)14(22(18,19)20)17(15)11-7-3-2-4-8-11/h2-10,14H,1H3,(H,18,19,20). The van der Waals surface area contributed by atoms with Gasteiger partial charge in [-0.3, -0.25) is 9.45 Å². The molecule has 0 saturated heterocycles. The zero-order valence-electron chi connectivity index (χ0n) is 11.7. The van der Waals surface area contributed by atoms with Crippen molar-refractivity contribution in [3.63, 3.8) is 0 Å². The molecule has 0 fully saturated rings. The number of benzene rings is 2. The van der Waals surface area contributed by atoms with Crippen molar-refractivity contribution in [2.75, 3.05) is 11.2 Å². The Kier molecular flexibility index (Phi) is 3.94. The predicted molar refractivity (Wildman–Crippen MR) is 90.3 cm³/mol. The first-order chi connectivity index (χ1) is 10.5. The highest BCUT2D eigenvalue weighted by Gasteiger charge is 2.39. The number of rotatable bonds is 2. The second-order valence-corrected chi connectivity index (χ2v) is 6.98. The molecule has 1 aliphatic rings. The molecule has 0 aromatic heterocycles. The van der Waals surface area contributed by atoms with Crippen LogP contribution >= 0.6 is 11.8 Å². The fourth-order valence-electron chi connectivity index (χ4n) is 2.47. The maximum Gasteiger partial charge on any atom is 0.291 e. The number of amidine groups is 1. The van der Waals surface area contributed by atoms with Gasteiger partial charge in [-0.2, -0.15) is 8.42 Å². The zero-order chi connectivity index (χ0) is 15.7. The van der Waals surface area contributed by atoms with Crippen LogP contribution in [0.2, 0.25) is 0 Å². The van der Waals surface area contributed by atoms with E-state index >= 15 is 0 Å². The lowest BCUT2D eigenvalue weighted by Gasteiger charge is -2.35. The van der Waals surface area contributed by atoms with Crippen LogP contribution in [0.25, 0.3) is 0 Å². The second-order valence-electron chi connectivity index (χ2n) is 4.73. The lowest BCUT2D eigenvalue weighted by Crippen LogP contribution is -2.39. The van der Waals surface area contributed by atoms with Gasteiger partial charge in [-0.25, -0.2) is 4.99 Å². The van der Waals surface area contributed by atoms with Crippen LogP contribution in [-0.2, 0) is 10.1 Å². The molecule has 0 spiro atoms. The minimum atomic E-state index is -4.35. The van der Waals surface area contributed by atoms with Gasteiger partial charge in [-0.05, 0) is 24.5 Å². The Labute approximate surface area is 133 Å². The summed E-state index contributed by atoms with van der Waals surface area (Å²) in [7, 11) is -4.35. The molecule has 1 unspecified atom stereocenters. The van der Waals surface area contributed by atoms with Gasteiger partial charge in [0.1, 0.15) is 0 Å². The smallest absolute Gasteiger partial charge is 0.291 e. The average molecular weight is 334 g/mol. The van der Waals surface area contributed by atoms with Crippen molar-refractivity contribution in [3.05, 3.63) is 60.2 Å². The quantitative estimate of drug-likeness (QED) is 0.852. The monoisotopic (exact) mass is 334 g/mol. The molecule has 0 aliphatic carbocycles. The third-order valence-electron chi connectivity index (χ3n) is 3.36. The molecule has 22 heavy (non-hydrogen) atoms.